The average Bonchev–Trinajstić information content (AvgIpc) is 3.08. The van der Waals surface area contributed by atoms with Crippen molar-refractivity contribution in [2.24, 2.45) is 0 Å². The number of hydrogen-bond donors (Lipinski definition) is 2. The SMILES string of the molecule is O=C(O)CCCCN(CCc1ccccc1OCc1ccc(CCc2ccccc2)cc1)SC1CCOc2cc(C(=O)O)ccc21. The van der Waals surface area contributed by atoms with Crippen LogP contribution in [0.2, 0.25) is 0 Å². The molecule has 0 aliphatic carbocycles. The van der Waals surface area contributed by atoms with E-state index in [1.54, 1.807) is 24.1 Å². The summed E-state index contributed by atoms with van der Waals surface area (Å²) in [7, 11) is 0. The van der Waals surface area contributed by atoms with E-state index in [2.05, 4.69) is 58.9 Å². The molecule has 1 aliphatic rings. The highest BCUT2D eigenvalue weighted by Gasteiger charge is 2.26. The minimum absolute atomic E-state index is 0.119. The predicted molar refractivity (Wildman–Crippen MR) is 182 cm³/mol. The Morgan fingerprint density at radius 3 is 2.28 bits per heavy atom. The summed E-state index contributed by atoms with van der Waals surface area (Å²) in [6.07, 6.45) is 5.14. The first kappa shape index (κ1) is 33.1. The number of carboxylic acid groups (broad SMARTS) is 2. The molecule has 7 nitrogen and oxygen atoms in total. The number of fused-ring (bicyclic) bond motifs is 1. The number of aliphatic carboxylic acids is 1. The summed E-state index contributed by atoms with van der Waals surface area (Å²) < 4.78 is 14.5. The minimum Gasteiger partial charge on any atom is -0.493 e. The Bertz CT molecular complexity index is 1580. The van der Waals surface area contributed by atoms with Gasteiger partial charge in [0.25, 0.3) is 0 Å². The number of aromatic carboxylic acids is 1. The largest absolute Gasteiger partial charge is 0.493 e. The van der Waals surface area contributed by atoms with Crippen molar-refractivity contribution in [1.82, 2.24) is 4.31 Å². The number of nitrogens with zero attached hydrogens (tertiary/aromatic N) is 1. The highest BCUT2D eigenvalue weighted by molar-refractivity contribution is 7.97. The van der Waals surface area contributed by atoms with Gasteiger partial charge in [0.05, 0.1) is 17.4 Å². The molecule has 5 rings (SSSR count). The number of benzene rings is 4. The molecule has 2 N–H and O–H groups in total. The molecule has 4 aromatic carbocycles. The average molecular weight is 640 g/mol. The van der Waals surface area contributed by atoms with Crippen molar-refractivity contribution in [2.75, 3.05) is 19.7 Å². The maximum Gasteiger partial charge on any atom is 0.335 e. The molecule has 240 valence electrons. The molecule has 1 unspecified atom stereocenters. The van der Waals surface area contributed by atoms with Gasteiger partial charge in [-0.15, -0.1) is 0 Å². The first-order valence-electron chi connectivity index (χ1n) is 15.9. The van der Waals surface area contributed by atoms with Gasteiger partial charge in [0.15, 0.2) is 0 Å². The van der Waals surface area contributed by atoms with E-state index in [1.807, 2.05) is 30.3 Å². The molecule has 0 bridgehead atoms. The number of unbranched alkanes of at least 4 members (excludes halogenated alkanes) is 1. The Hall–Kier alpha value is -4.27. The first-order valence-corrected chi connectivity index (χ1v) is 16.7. The summed E-state index contributed by atoms with van der Waals surface area (Å²) in [6.45, 7) is 2.51. The molecular formula is C38H41NO6S. The fourth-order valence-corrected chi connectivity index (χ4v) is 6.85. The van der Waals surface area contributed by atoms with Crippen LogP contribution in [0.5, 0.6) is 11.5 Å². The molecule has 46 heavy (non-hydrogen) atoms. The van der Waals surface area contributed by atoms with Gasteiger partial charge in [-0.25, -0.2) is 9.10 Å². The Morgan fingerprint density at radius 1 is 0.804 bits per heavy atom. The maximum atomic E-state index is 11.5. The van der Waals surface area contributed by atoms with Crippen LogP contribution < -0.4 is 9.47 Å². The molecular weight excluding hydrogens is 598 g/mol. The zero-order chi connectivity index (χ0) is 32.1. The van der Waals surface area contributed by atoms with Gasteiger partial charge in [-0.05, 0) is 79.0 Å². The van der Waals surface area contributed by atoms with Crippen molar-refractivity contribution in [3.05, 3.63) is 130 Å². The van der Waals surface area contributed by atoms with Crippen LogP contribution in [0.15, 0.2) is 97.1 Å². The number of hydrogen-bond acceptors (Lipinski definition) is 6. The molecule has 0 saturated carbocycles. The predicted octanol–water partition coefficient (Wildman–Crippen LogP) is 8.02. The summed E-state index contributed by atoms with van der Waals surface area (Å²) in [5, 5.41) is 18.6. The van der Waals surface area contributed by atoms with E-state index in [0.29, 0.717) is 25.4 Å². The first-order chi connectivity index (χ1) is 22.4. The smallest absolute Gasteiger partial charge is 0.335 e. The van der Waals surface area contributed by atoms with E-state index in [-0.39, 0.29) is 17.2 Å². The van der Waals surface area contributed by atoms with Crippen LogP contribution in [-0.2, 0) is 30.7 Å². The third-order valence-electron chi connectivity index (χ3n) is 8.14. The summed E-state index contributed by atoms with van der Waals surface area (Å²) >= 11 is 1.74. The molecule has 0 spiro atoms. The highest BCUT2D eigenvalue weighted by Crippen LogP contribution is 2.43. The second-order valence-electron chi connectivity index (χ2n) is 11.5. The number of carboxylic acids is 2. The molecule has 8 heteroatoms. The number of aryl methyl sites for hydroxylation is 2. The van der Waals surface area contributed by atoms with Gasteiger partial charge in [0.2, 0.25) is 0 Å². The van der Waals surface area contributed by atoms with Crippen molar-refractivity contribution in [2.45, 2.75) is 56.8 Å². The van der Waals surface area contributed by atoms with Crippen LogP contribution in [0.1, 0.15) is 69.1 Å². The van der Waals surface area contributed by atoms with E-state index < -0.39 is 11.9 Å². The second kappa shape index (κ2) is 16.9. The highest BCUT2D eigenvalue weighted by atomic mass is 32.2. The van der Waals surface area contributed by atoms with Gasteiger partial charge in [-0.1, -0.05) is 90.8 Å². The third-order valence-corrected chi connectivity index (χ3v) is 9.54. The van der Waals surface area contributed by atoms with Crippen LogP contribution >= 0.6 is 11.9 Å². The zero-order valence-electron chi connectivity index (χ0n) is 26.0. The van der Waals surface area contributed by atoms with Crippen molar-refractivity contribution in [3.8, 4) is 11.5 Å². The molecule has 0 fully saturated rings. The standard InChI is InChI=1S/C38H41NO6S/c40-37(41)12-6-7-23-39(46-36-22-25-44-35-26-32(38(42)43)19-20-33(35)36)24-21-31-10-4-5-11-34(31)45-27-30-17-15-29(16-18-30)14-13-28-8-2-1-3-9-28/h1-5,8-11,15-20,26,36H,6-7,12-14,21-25,27H2,(H,40,41)(H,42,43). The maximum absolute atomic E-state index is 11.5. The Morgan fingerprint density at radius 2 is 1.52 bits per heavy atom. The van der Waals surface area contributed by atoms with E-state index >= 15 is 0 Å². The summed E-state index contributed by atoms with van der Waals surface area (Å²) in [5.41, 5.74) is 6.10. The topological polar surface area (TPSA) is 96.3 Å². The van der Waals surface area contributed by atoms with Crippen LogP contribution in [0.3, 0.4) is 0 Å². The summed E-state index contributed by atoms with van der Waals surface area (Å²) in [5.74, 6) is -0.265. The lowest BCUT2D eigenvalue weighted by Gasteiger charge is -2.31. The van der Waals surface area contributed by atoms with Crippen molar-refractivity contribution in [1.29, 1.82) is 0 Å². The van der Waals surface area contributed by atoms with Gasteiger partial charge >= 0.3 is 11.9 Å². The van der Waals surface area contributed by atoms with Crippen molar-refractivity contribution >= 4 is 23.9 Å². The number of ether oxygens (including phenoxy) is 2. The number of para-hydroxylation sites is 1. The third kappa shape index (κ3) is 9.86. The molecule has 0 aromatic heterocycles. The molecule has 0 saturated heterocycles. The minimum atomic E-state index is -0.974. The lowest BCUT2D eigenvalue weighted by molar-refractivity contribution is -0.137. The number of carbonyl (C=O) groups is 2. The molecule has 1 atom stereocenters. The van der Waals surface area contributed by atoms with E-state index in [0.717, 1.165) is 67.6 Å². The lowest BCUT2D eigenvalue weighted by atomic mass is 10.0. The van der Waals surface area contributed by atoms with Gasteiger partial charge in [0.1, 0.15) is 18.1 Å². The van der Waals surface area contributed by atoms with E-state index in [9.17, 15) is 14.7 Å². The monoisotopic (exact) mass is 639 g/mol. The van der Waals surface area contributed by atoms with Crippen LogP contribution in [0, 0.1) is 0 Å². The number of rotatable bonds is 17. The summed E-state index contributed by atoms with van der Waals surface area (Å²) in [4.78, 5) is 22.6. The van der Waals surface area contributed by atoms with E-state index in [4.69, 9.17) is 14.6 Å². The molecule has 0 amide bonds. The van der Waals surface area contributed by atoms with Gasteiger partial charge in [0, 0.05) is 25.1 Å². The van der Waals surface area contributed by atoms with Crippen LogP contribution in [0.25, 0.3) is 0 Å². The van der Waals surface area contributed by atoms with Gasteiger partial charge < -0.3 is 19.7 Å². The molecule has 4 aromatic rings. The van der Waals surface area contributed by atoms with Gasteiger partial charge in [-0.3, -0.25) is 4.79 Å². The second-order valence-corrected chi connectivity index (χ2v) is 12.8. The Labute approximate surface area is 275 Å². The van der Waals surface area contributed by atoms with Crippen LogP contribution in [0.4, 0.5) is 0 Å². The molecule has 0 radical (unpaired) electrons. The van der Waals surface area contributed by atoms with Crippen LogP contribution in [-0.4, -0.2) is 46.2 Å². The van der Waals surface area contributed by atoms with Gasteiger partial charge in [-0.2, -0.15) is 0 Å². The summed E-state index contributed by atoms with van der Waals surface area (Å²) in [6, 6.07) is 32.4. The van der Waals surface area contributed by atoms with Crippen molar-refractivity contribution < 1.29 is 29.3 Å². The fraction of sp³-hybridized carbons (Fsp3) is 0.316. The molecule has 1 heterocycles. The fourth-order valence-electron chi connectivity index (χ4n) is 5.55. The molecule has 1 aliphatic heterocycles. The van der Waals surface area contributed by atoms with E-state index in [1.165, 1.54) is 11.1 Å². The zero-order valence-corrected chi connectivity index (χ0v) is 26.8. The Kier molecular flexibility index (Phi) is 12.1. The quantitative estimate of drug-likeness (QED) is 0.0886. The normalized spacial score (nSPS) is 14.0. The Balaban J connectivity index is 1.19. The lowest BCUT2D eigenvalue weighted by Crippen LogP contribution is -2.24. The van der Waals surface area contributed by atoms with Crippen molar-refractivity contribution in [3.63, 3.8) is 0 Å².